The Kier molecular flexibility index (Phi) is 4.76. The third-order valence-electron chi connectivity index (χ3n) is 4.13. The molecule has 8 nitrogen and oxygen atoms in total. The molecule has 0 aromatic heterocycles. The molecule has 3 rings (SSSR count). The van der Waals surface area contributed by atoms with E-state index in [1.54, 1.807) is 0 Å². The second kappa shape index (κ2) is 6.70. The van der Waals surface area contributed by atoms with Gasteiger partial charge in [0.2, 0.25) is 5.91 Å². The van der Waals surface area contributed by atoms with Crippen molar-refractivity contribution in [1.82, 2.24) is 4.90 Å². The van der Waals surface area contributed by atoms with Crippen molar-refractivity contribution in [2.24, 2.45) is 5.92 Å². The molecule has 2 aliphatic rings. The molecular formula is C15H14N2O6S2. The molecule has 0 radical (unpaired) electrons. The number of thiocarbonyl (C=S) groups is 1. The number of nitrogens with zero attached hydrogens (tertiary/aromatic N) is 2. The van der Waals surface area contributed by atoms with Crippen molar-refractivity contribution in [2.75, 3.05) is 0 Å². The molecule has 1 N–H and O–H groups in total. The number of carbonyl (C=O) groups is 2. The summed E-state index contributed by atoms with van der Waals surface area (Å²) in [5.74, 6) is -1.52. The van der Waals surface area contributed by atoms with Gasteiger partial charge < -0.3 is 14.7 Å². The van der Waals surface area contributed by atoms with E-state index in [2.05, 4.69) is 0 Å². The van der Waals surface area contributed by atoms with Gasteiger partial charge in [0, 0.05) is 12.1 Å². The van der Waals surface area contributed by atoms with Gasteiger partial charge in [0.1, 0.15) is 6.61 Å². The molecule has 132 valence electrons. The fraction of sp³-hybridized carbons (Fsp3) is 0.400. The Labute approximate surface area is 152 Å². The van der Waals surface area contributed by atoms with E-state index in [-0.39, 0.29) is 23.6 Å². The van der Waals surface area contributed by atoms with Crippen molar-refractivity contribution in [3.8, 4) is 0 Å². The van der Waals surface area contributed by atoms with Crippen molar-refractivity contribution in [3.63, 3.8) is 0 Å². The van der Waals surface area contributed by atoms with Crippen LogP contribution >= 0.6 is 24.0 Å². The second-order valence-corrected chi connectivity index (χ2v) is 7.63. The highest BCUT2D eigenvalue weighted by Gasteiger charge is 2.60. The highest BCUT2D eigenvalue weighted by Crippen LogP contribution is 2.46. The van der Waals surface area contributed by atoms with Gasteiger partial charge in [-0.2, -0.15) is 0 Å². The SMILES string of the molecule is CC(O)C1C(=O)N2C(C(=O)OCc3ccc([N+](=O)[O-])cc3)C(=S)S[C@H]12. The lowest BCUT2D eigenvalue weighted by molar-refractivity contribution is -0.384. The molecule has 2 fully saturated rings. The Hall–Kier alpha value is -2.04. The van der Waals surface area contributed by atoms with Crippen LogP contribution in [0.5, 0.6) is 0 Å². The number of non-ortho nitro benzene ring substituents is 1. The van der Waals surface area contributed by atoms with E-state index in [1.807, 2.05) is 0 Å². The van der Waals surface area contributed by atoms with Gasteiger partial charge in [-0.25, -0.2) is 4.79 Å². The number of amides is 1. The van der Waals surface area contributed by atoms with E-state index < -0.39 is 29.0 Å². The predicted octanol–water partition coefficient (Wildman–Crippen LogP) is 1.25. The maximum Gasteiger partial charge on any atom is 0.335 e. The van der Waals surface area contributed by atoms with Crippen LogP contribution in [0.1, 0.15) is 12.5 Å². The molecule has 4 atom stereocenters. The third kappa shape index (κ3) is 3.12. The zero-order valence-electron chi connectivity index (χ0n) is 13.0. The number of nitro benzene ring substituents is 1. The topological polar surface area (TPSA) is 110 Å². The molecule has 25 heavy (non-hydrogen) atoms. The van der Waals surface area contributed by atoms with Crippen LogP contribution in [0.2, 0.25) is 0 Å². The quantitative estimate of drug-likeness (QED) is 0.266. The van der Waals surface area contributed by atoms with Crippen LogP contribution in [0.15, 0.2) is 24.3 Å². The van der Waals surface area contributed by atoms with Gasteiger partial charge in [0.05, 0.1) is 26.5 Å². The Morgan fingerprint density at radius 2 is 2.12 bits per heavy atom. The minimum atomic E-state index is -0.939. The van der Waals surface area contributed by atoms with Crippen molar-refractivity contribution >= 4 is 45.7 Å². The average molecular weight is 382 g/mol. The van der Waals surface area contributed by atoms with Crippen molar-refractivity contribution in [1.29, 1.82) is 0 Å². The maximum atomic E-state index is 12.3. The van der Waals surface area contributed by atoms with Crippen LogP contribution in [0.25, 0.3) is 0 Å². The summed E-state index contributed by atoms with van der Waals surface area (Å²) in [5, 5.41) is 19.9. The molecule has 0 saturated carbocycles. The van der Waals surface area contributed by atoms with E-state index in [4.69, 9.17) is 17.0 Å². The van der Waals surface area contributed by atoms with E-state index in [9.17, 15) is 24.8 Å². The molecule has 1 aromatic rings. The summed E-state index contributed by atoms with van der Waals surface area (Å²) in [6, 6.07) is 4.69. The molecule has 2 saturated heterocycles. The lowest BCUT2D eigenvalue weighted by atomic mass is 9.91. The number of thioether (sulfide) groups is 1. The second-order valence-electron chi connectivity index (χ2n) is 5.77. The maximum absolute atomic E-state index is 12.3. The monoisotopic (exact) mass is 382 g/mol. The van der Waals surface area contributed by atoms with Crippen molar-refractivity contribution in [2.45, 2.75) is 31.1 Å². The molecule has 3 unspecified atom stereocenters. The van der Waals surface area contributed by atoms with Gasteiger partial charge in [0.15, 0.2) is 6.04 Å². The first-order valence-corrected chi connectivity index (χ1v) is 8.70. The summed E-state index contributed by atoms with van der Waals surface area (Å²) in [5.41, 5.74) is 0.533. The Morgan fingerprint density at radius 3 is 2.68 bits per heavy atom. The summed E-state index contributed by atoms with van der Waals surface area (Å²) in [4.78, 5) is 35.9. The summed E-state index contributed by atoms with van der Waals surface area (Å²) in [6.45, 7) is 1.46. The first-order chi connectivity index (χ1) is 11.8. The normalized spacial score (nSPS) is 26.0. The number of carbonyl (C=O) groups excluding carboxylic acids is 2. The fourth-order valence-corrected chi connectivity index (χ4v) is 4.73. The third-order valence-corrected chi connectivity index (χ3v) is 5.86. The van der Waals surface area contributed by atoms with E-state index in [0.717, 1.165) is 0 Å². The molecule has 1 aromatic carbocycles. The fourth-order valence-electron chi connectivity index (χ4n) is 2.81. The summed E-state index contributed by atoms with van der Waals surface area (Å²) < 4.78 is 5.56. The number of benzene rings is 1. The molecule has 2 heterocycles. The Balaban J connectivity index is 1.63. The van der Waals surface area contributed by atoms with Crippen LogP contribution in [0.3, 0.4) is 0 Å². The minimum Gasteiger partial charge on any atom is -0.459 e. The number of nitro groups is 1. The molecule has 1 amide bonds. The standard InChI is InChI=1S/C15H14N2O6S2/c1-7(18)10-12(19)16-11(15(24)25-13(10)16)14(20)23-6-8-2-4-9(5-3-8)17(21)22/h2-5,7,10-11,13,18H,6H2,1H3/t7?,10?,11?,13-/m1/s1. The summed E-state index contributed by atoms with van der Waals surface area (Å²) >= 11 is 6.41. The molecule has 0 bridgehead atoms. The molecule has 0 spiro atoms. The van der Waals surface area contributed by atoms with Crippen LogP contribution in [-0.4, -0.2) is 48.5 Å². The average Bonchev–Trinajstić information content (AvgIpc) is 2.85. The van der Waals surface area contributed by atoms with Gasteiger partial charge >= 0.3 is 5.97 Å². The number of β-lactam (4-membered cyclic amide) rings is 1. The number of ether oxygens (including phenoxy) is 1. The van der Waals surface area contributed by atoms with Crippen LogP contribution in [0.4, 0.5) is 5.69 Å². The molecule has 2 aliphatic heterocycles. The highest BCUT2D eigenvalue weighted by atomic mass is 32.2. The van der Waals surface area contributed by atoms with E-state index in [0.29, 0.717) is 9.76 Å². The van der Waals surface area contributed by atoms with Crippen molar-refractivity contribution in [3.05, 3.63) is 39.9 Å². The van der Waals surface area contributed by atoms with Crippen LogP contribution in [-0.2, 0) is 20.9 Å². The van der Waals surface area contributed by atoms with E-state index >= 15 is 0 Å². The van der Waals surface area contributed by atoms with Crippen LogP contribution < -0.4 is 0 Å². The number of rotatable bonds is 5. The predicted molar refractivity (Wildman–Crippen MR) is 92.7 cm³/mol. The van der Waals surface area contributed by atoms with Crippen molar-refractivity contribution < 1.29 is 24.4 Å². The van der Waals surface area contributed by atoms with Gasteiger partial charge in [0.25, 0.3) is 5.69 Å². The summed E-state index contributed by atoms with van der Waals surface area (Å²) in [7, 11) is 0. The lowest BCUT2D eigenvalue weighted by Gasteiger charge is -2.44. The molecule has 10 heteroatoms. The number of aliphatic hydroxyl groups is 1. The van der Waals surface area contributed by atoms with Gasteiger partial charge in [-0.15, -0.1) is 0 Å². The van der Waals surface area contributed by atoms with Gasteiger partial charge in [-0.3, -0.25) is 14.9 Å². The van der Waals surface area contributed by atoms with Crippen LogP contribution in [0, 0.1) is 16.0 Å². The zero-order chi connectivity index (χ0) is 18.3. The molecule has 0 aliphatic carbocycles. The first-order valence-electron chi connectivity index (χ1n) is 7.42. The largest absolute Gasteiger partial charge is 0.459 e. The first kappa shape index (κ1) is 17.8. The lowest BCUT2D eigenvalue weighted by Crippen LogP contribution is -2.64. The van der Waals surface area contributed by atoms with Gasteiger partial charge in [-0.05, 0) is 24.6 Å². The summed E-state index contributed by atoms with van der Waals surface area (Å²) in [6.07, 6.45) is -0.807. The number of aliphatic hydroxyl groups excluding tert-OH is 1. The zero-order valence-corrected chi connectivity index (χ0v) is 14.7. The minimum absolute atomic E-state index is 0.0540. The number of esters is 1. The Bertz CT molecular complexity index is 751. The number of hydrogen-bond donors (Lipinski definition) is 1. The highest BCUT2D eigenvalue weighted by molar-refractivity contribution is 8.24. The number of hydrogen-bond acceptors (Lipinski definition) is 8. The Morgan fingerprint density at radius 1 is 1.48 bits per heavy atom. The van der Waals surface area contributed by atoms with E-state index in [1.165, 1.54) is 47.9 Å². The smallest absolute Gasteiger partial charge is 0.335 e. The molecular weight excluding hydrogens is 368 g/mol. The number of fused-ring (bicyclic) bond motifs is 1. The van der Waals surface area contributed by atoms with Gasteiger partial charge in [-0.1, -0.05) is 24.0 Å².